The summed E-state index contributed by atoms with van der Waals surface area (Å²) in [6, 6.07) is 5.33. The number of carbonyl (C=O) groups excluding carboxylic acids is 1. The number of unbranched alkanes of at least 4 members (excludes halogenated alkanes) is 1. The van der Waals surface area contributed by atoms with E-state index in [9.17, 15) is 13.2 Å². The van der Waals surface area contributed by atoms with Gasteiger partial charge in [-0.15, -0.1) is 12.4 Å². The van der Waals surface area contributed by atoms with E-state index < -0.39 is 15.9 Å². The van der Waals surface area contributed by atoms with Gasteiger partial charge in [0.1, 0.15) is 0 Å². The zero-order valence-electron chi connectivity index (χ0n) is 11.9. The number of carbonyl (C=O) groups is 1. The molecule has 1 unspecified atom stereocenters. The van der Waals surface area contributed by atoms with E-state index in [1.54, 1.807) is 0 Å². The van der Waals surface area contributed by atoms with E-state index >= 15 is 0 Å². The van der Waals surface area contributed by atoms with Crippen LogP contribution < -0.4 is 16.2 Å². The Hall–Kier alpha value is -1.15. The van der Waals surface area contributed by atoms with Crippen LogP contribution in [0, 0.1) is 0 Å². The molecule has 1 atom stereocenters. The summed E-state index contributed by atoms with van der Waals surface area (Å²) in [6.45, 7) is 2.26. The predicted molar refractivity (Wildman–Crippen MR) is 84.9 cm³/mol. The van der Waals surface area contributed by atoms with Gasteiger partial charge in [-0.2, -0.15) is 0 Å². The third-order valence-electron chi connectivity index (χ3n) is 2.94. The van der Waals surface area contributed by atoms with Gasteiger partial charge in [-0.3, -0.25) is 4.79 Å². The predicted octanol–water partition coefficient (Wildman–Crippen LogP) is 1.00. The average Bonchev–Trinajstić information content (AvgIpc) is 2.43. The Bertz CT molecular complexity index is 564. The first-order valence-corrected chi connectivity index (χ1v) is 8.01. The first-order valence-electron chi connectivity index (χ1n) is 6.53. The fourth-order valence-corrected chi connectivity index (χ4v) is 3.11. The van der Waals surface area contributed by atoms with Gasteiger partial charge in [0, 0.05) is 18.2 Å². The number of benzene rings is 1. The van der Waals surface area contributed by atoms with Gasteiger partial charge in [0.25, 0.3) is 0 Å². The maximum absolute atomic E-state index is 12.2. The molecule has 120 valence electrons. The molecule has 0 aliphatic rings. The Balaban J connectivity index is 0.00000400. The molecular weight excluding hydrogens is 314 g/mol. The maximum Gasteiger partial charge on any atom is 0.248 e. The molecule has 1 rings (SSSR count). The van der Waals surface area contributed by atoms with Crippen LogP contribution in [-0.2, 0) is 10.0 Å². The second kappa shape index (κ2) is 8.99. The van der Waals surface area contributed by atoms with E-state index in [1.165, 1.54) is 24.3 Å². The van der Waals surface area contributed by atoms with Gasteiger partial charge in [-0.05, 0) is 24.6 Å². The Kier molecular flexibility index (Phi) is 8.50. The standard InChI is InChI=1S/C13H21N3O3S.ClH/c1-2-3-6-11(9-14)16-20(18,19)12-7-4-5-10(8-12)13(15)17;/h4-5,7-8,11,16H,2-3,6,9,14H2,1H3,(H2,15,17);1H. The van der Waals surface area contributed by atoms with Crippen LogP contribution in [-0.4, -0.2) is 26.9 Å². The molecule has 0 aromatic heterocycles. The van der Waals surface area contributed by atoms with Gasteiger partial charge in [0.05, 0.1) is 4.90 Å². The molecule has 5 N–H and O–H groups in total. The lowest BCUT2D eigenvalue weighted by Gasteiger charge is -2.16. The summed E-state index contributed by atoms with van der Waals surface area (Å²) in [6.07, 6.45) is 2.54. The normalized spacial score (nSPS) is 12.5. The Labute approximate surface area is 131 Å². The van der Waals surface area contributed by atoms with Crippen LogP contribution >= 0.6 is 12.4 Å². The smallest absolute Gasteiger partial charge is 0.248 e. The van der Waals surface area contributed by atoms with E-state index in [0.29, 0.717) is 6.42 Å². The number of amides is 1. The third-order valence-corrected chi connectivity index (χ3v) is 4.46. The van der Waals surface area contributed by atoms with Crippen molar-refractivity contribution in [2.75, 3.05) is 6.54 Å². The van der Waals surface area contributed by atoms with Gasteiger partial charge in [-0.25, -0.2) is 13.1 Å². The average molecular weight is 336 g/mol. The Morgan fingerprint density at radius 3 is 2.57 bits per heavy atom. The molecule has 6 nitrogen and oxygen atoms in total. The number of halogens is 1. The fraction of sp³-hybridized carbons (Fsp3) is 0.462. The van der Waals surface area contributed by atoms with E-state index in [4.69, 9.17) is 11.5 Å². The topological polar surface area (TPSA) is 115 Å². The molecule has 21 heavy (non-hydrogen) atoms. The molecular formula is C13H22ClN3O3S. The van der Waals surface area contributed by atoms with Crippen LogP contribution in [0.3, 0.4) is 0 Å². The molecule has 0 aliphatic carbocycles. The van der Waals surface area contributed by atoms with Gasteiger partial charge in [0.15, 0.2) is 0 Å². The largest absolute Gasteiger partial charge is 0.366 e. The minimum Gasteiger partial charge on any atom is -0.366 e. The van der Waals surface area contributed by atoms with Gasteiger partial charge in [0.2, 0.25) is 15.9 Å². The van der Waals surface area contributed by atoms with Crippen molar-refractivity contribution >= 4 is 28.3 Å². The second-order valence-corrected chi connectivity index (χ2v) is 6.30. The zero-order chi connectivity index (χ0) is 15.2. The van der Waals surface area contributed by atoms with E-state index in [0.717, 1.165) is 12.8 Å². The summed E-state index contributed by atoms with van der Waals surface area (Å²) < 4.78 is 27.0. The van der Waals surface area contributed by atoms with Gasteiger partial charge in [-0.1, -0.05) is 25.8 Å². The molecule has 0 spiro atoms. The minimum atomic E-state index is -3.70. The summed E-state index contributed by atoms with van der Waals surface area (Å²) in [5, 5.41) is 0. The highest BCUT2D eigenvalue weighted by atomic mass is 35.5. The van der Waals surface area contributed by atoms with Gasteiger partial charge < -0.3 is 11.5 Å². The number of rotatable bonds is 8. The SMILES string of the molecule is CCCCC(CN)NS(=O)(=O)c1cccc(C(N)=O)c1.Cl. The molecule has 0 radical (unpaired) electrons. The summed E-state index contributed by atoms with van der Waals surface area (Å²) >= 11 is 0. The molecule has 0 fully saturated rings. The van der Waals surface area contributed by atoms with Crippen LogP contribution in [0.1, 0.15) is 36.5 Å². The van der Waals surface area contributed by atoms with Crippen LogP contribution in [0.2, 0.25) is 0 Å². The minimum absolute atomic E-state index is 0. The molecule has 0 saturated carbocycles. The maximum atomic E-state index is 12.2. The first-order chi connectivity index (χ1) is 9.40. The summed E-state index contributed by atoms with van der Waals surface area (Å²) in [5.41, 5.74) is 10.9. The number of sulfonamides is 1. The number of primary amides is 1. The number of hydrogen-bond donors (Lipinski definition) is 3. The molecule has 0 aliphatic heterocycles. The van der Waals surface area contributed by atoms with Crippen molar-refractivity contribution in [2.24, 2.45) is 11.5 Å². The molecule has 0 bridgehead atoms. The van der Waals surface area contributed by atoms with Crippen molar-refractivity contribution in [3.63, 3.8) is 0 Å². The lowest BCUT2D eigenvalue weighted by Crippen LogP contribution is -2.40. The van der Waals surface area contributed by atoms with Crippen molar-refractivity contribution < 1.29 is 13.2 Å². The Morgan fingerprint density at radius 1 is 1.38 bits per heavy atom. The summed E-state index contributed by atoms with van der Waals surface area (Å²) in [7, 11) is -3.70. The van der Waals surface area contributed by atoms with Crippen molar-refractivity contribution in [3.05, 3.63) is 29.8 Å². The zero-order valence-corrected chi connectivity index (χ0v) is 13.5. The molecule has 0 heterocycles. The summed E-state index contributed by atoms with van der Waals surface area (Å²) in [4.78, 5) is 11.1. The number of nitrogens with two attached hydrogens (primary N) is 2. The molecule has 1 amide bonds. The summed E-state index contributed by atoms with van der Waals surface area (Å²) in [5.74, 6) is -0.664. The van der Waals surface area contributed by atoms with E-state index in [1.807, 2.05) is 6.92 Å². The number of nitrogens with one attached hydrogen (secondary N) is 1. The second-order valence-electron chi connectivity index (χ2n) is 4.59. The highest BCUT2D eigenvalue weighted by Gasteiger charge is 2.19. The van der Waals surface area contributed by atoms with Crippen LogP contribution in [0.15, 0.2) is 29.2 Å². The molecule has 0 saturated heterocycles. The monoisotopic (exact) mass is 335 g/mol. The van der Waals surface area contributed by atoms with Crippen molar-refractivity contribution in [1.29, 1.82) is 0 Å². The van der Waals surface area contributed by atoms with Crippen LogP contribution in [0.4, 0.5) is 0 Å². The molecule has 1 aromatic rings. The lowest BCUT2D eigenvalue weighted by molar-refractivity contribution is 0.1000. The van der Waals surface area contributed by atoms with Gasteiger partial charge >= 0.3 is 0 Å². The first kappa shape index (κ1) is 19.9. The number of hydrogen-bond acceptors (Lipinski definition) is 4. The quantitative estimate of drug-likeness (QED) is 0.657. The van der Waals surface area contributed by atoms with E-state index in [-0.39, 0.29) is 35.5 Å². The molecule has 1 aromatic carbocycles. The highest BCUT2D eigenvalue weighted by Crippen LogP contribution is 2.13. The third kappa shape index (κ3) is 6.01. The van der Waals surface area contributed by atoms with Crippen LogP contribution in [0.5, 0.6) is 0 Å². The van der Waals surface area contributed by atoms with Crippen LogP contribution in [0.25, 0.3) is 0 Å². The Morgan fingerprint density at radius 2 is 2.05 bits per heavy atom. The molecule has 8 heteroatoms. The van der Waals surface area contributed by atoms with Crippen molar-refractivity contribution in [1.82, 2.24) is 4.72 Å². The van der Waals surface area contributed by atoms with Crippen molar-refractivity contribution in [3.8, 4) is 0 Å². The lowest BCUT2D eigenvalue weighted by atomic mass is 10.1. The highest BCUT2D eigenvalue weighted by molar-refractivity contribution is 7.89. The van der Waals surface area contributed by atoms with E-state index in [2.05, 4.69) is 4.72 Å². The van der Waals surface area contributed by atoms with Crippen molar-refractivity contribution in [2.45, 2.75) is 37.1 Å². The fourth-order valence-electron chi connectivity index (χ4n) is 1.78.